The molecule has 6 heteroatoms. The molecule has 124 valence electrons. The molecule has 1 fully saturated rings. The van der Waals surface area contributed by atoms with Crippen LogP contribution in [0.3, 0.4) is 0 Å². The van der Waals surface area contributed by atoms with E-state index < -0.39 is 0 Å². The Balaban J connectivity index is 1.73. The third kappa shape index (κ3) is 3.47. The molecule has 0 unspecified atom stereocenters. The average Bonchev–Trinajstić information content (AvgIpc) is 3.15. The number of aromatic nitrogens is 3. The second-order valence-corrected chi connectivity index (χ2v) is 8.58. The molecule has 1 amide bonds. The number of nitrogens with zero attached hydrogens (tertiary/aromatic N) is 3. The van der Waals surface area contributed by atoms with Gasteiger partial charge in [-0.2, -0.15) is 5.10 Å². The van der Waals surface area contributed by atoms with Crippen LogP contribution < -0.4 is 0 Å². The van der Waals surface area contributed by atoms with Gasteiger partial charge in [-0.1, -0.05) is 20.8 Å². The summed E-state index contributed by atoms with van der Waals surface area (Å²) in [7, 11) is 0. The predicted molar refractivity (Wildman–Crippen MR) is 92.0 cm³/mol. The van der Waals surface area contributed by atoms with Crippen molar-refractivity contribution in [3.05, 3.63) is 33.5 Å². The lowest BCUT2D eigenvalue weighted by Gasteiger charge is -2.31. The van der Waals surface area contributed by atoms with Crippen molar-refractivity contribution in [2.24, 2.45) is 0 Å². The lowest BCUT2D eigenvalue weighted by molar-refractivity contribution is 0.0701. The molecule has 3 heterocycles. The van der Waals surface area contributed by atoms with E-state index >= 15 is 0 Å². The number of hydrogen-bond acceptors (Lipinski definition) is 4. The number of piperidine rings is 1. The summed E-state index contributed by atoms with van der Waals surface area (Å²) in [4.78, 5) is 20.4. The third-order valence-corrected chi connectivity index (χ3v) is 5.38. The Morgan fingerprint density at radius 3 is 2.83 bits per heavy atom. The van der Waals surface area contributed by atoms with Crippen LogP contribution in [0.2, 0.25) is 0 Å². The highest BCUT2D eigenvalue weighted by Gasteiger charge is 2.29. The Kier molecular flexibility index (Phi) is 4.27. The van der Waals surface area contributed by atoms with Gasteiger partial charge in [0.05, 0.1) is 5.01 Å². The topological polar surface area (TPSA) is 61.9 Å². The van der Waals surface area contributed by atoms with E-state index in [-0.39, 0.29) is 11.3 Å². The Labute approximate surface area is 141 Å². The monoisotopic (exact) mass is 332 g/mol. The highest BCUT2D eigenvalue weighted by Crippen LogP contribution is 2.30. The van der Waals surface area contributed by atoms with Crippen molar-refractivity contribution in [2.45, 2.75) is 51.9 Å². The number of thiazole rings is 1. The Bertz CT molecular complexity index is 698. The third-order valence-electron chi connectivity index (χ3n) is 4.30. The average molecular weight is 332 g/mol. The maximum absolute atomic E-state index is 12.7. The molecule has 0 aliphatic carbocycles. The Morgan fingerprint density at radius 2 is 2.22 bits per heavy atom. The molecule has 0 aromatic carbocycles. The number of rotatable bonds is 2. The SMILES string of the molecule is Cc1cnc([C@@H]2CCCN(C(=O)c3cc(C(C)(C)C)[nH]n3)C2)s1. The van der Waals surface area contributed by atoms with Gasteiger partial charge >= 0.3 is 0 Å². The molecule has 23 heavy (non-hydrogen) atoms. The largest absolute Gasteiger partial charge is 0.337 e. The standard InChI is InChI=1S/C17H24N4OS/c1-11-9-18-15(23-11)12-6-5-7-21(10-12)16(22)13-8-14(20-19-13)17(2,3)4/h8-9,12H,5-7,10H2,1-4H3,(H,19,20)/t12-/m1/s1. The molecular weight excluding hydrogens is 308 g/mol. The van der Waals surface area contributed by atoms with Crippen molar-refractivity contribution in [2.75, 3.05) is 13.1 Å². The fourth-order valence-corrected chi connectivity index (χ4v) is 3.80. The summed E-state index contributed by atoms with van der Waals surface area (Å²) in [5.74, 6) is 0.377. The number of aromatic amines is 1. The van der Waals surface area contributed by atoms with Crippen LogP contribution in [0.25, 0.3) is 0 Å². The van der Waals surface area contributed by atoms with Gasteiger partial charge in [-0.05, 0) is 25.8 Å². The van der Waals surface area contributed by atoms with Gasteiger partial charge in [0.25, 0.3) is 5.91 Å². The molecule has 1 atom stereocenters. The number of H-pyrrole nitrogens is 1. The summed E-state index contributed by atoms with van der Waals surface area (Å²) in [6, 6.07) is 1.89. The van der Waals surface area contributed by atoms with Gasteiger partial charge in [0, 0.05) is 41.2 Å². The van der Waals surface area contributed by atoms with E-state index in [0.29, 0.717) is 11.6 Å². The van der Waals surface area contributed by atoms with Gasteiger partial charge in [-0.15, -0.1) is 11.3 Å². The van der Waals surface area contributed by atoms with Gasteiger partial charge in [0.1, 0.15) is 5.69 Å². The van der Waals surface area contributed by atoms with Crippen molar-refractivity contribution in [3.8, 4) is 0 Å². The van der Waals surface area contributed by atoms with E-state index in [1.807, 2.05) is 17.2 Å². The second-order valence-electron chi connectivity index (χ2n) is 7.32. The van der Waals surface area contributed by atoms with Crippen molar-refractivity contribution in [1.82, 2.24) is 20.1 Å². The number of nitrogens with one attached hydrogen (secondary N) is 1. The molecule has 1 N–H and O–H groups in total. The molecule has 0 bridgehead atoms. The van der Waals surface area contributed by atoms with Crippen LogP contribution in [0.5, 0.6) is 0 Å². The van der Waals surface area contributed by atoms with E-state index in [2.05, 4.69) is 42.9 Å². The summed E-state index contributed by atoms with van der Waals surface area (Å²) in [5, 5.41) is 8.38. The number of carbonyl (C=O) groups excluding carboxylic acids is 1. The maximum atomic E-state index is 12.7. The molecule has 0 radical (unpaired) electrons. The number of amides is 1. The molecule has 3 rings (SSSR count). The number of carbonyl (C=O) groups is 1. The molecule has 0 saturated carbocycles. The summed E-state index contributed by atoms with van der Waals surface area (Å²) in [6.07, 6.45) is 4.04. The van der Waals surface area contributed by atoms with Gasteiger partial charge < -0.3 is 4.90 Å². The molecule has 0 spiro atoms. The van der Waals surface area contributed by atoms with E-state index in [1.165, 1.54) is 4.88 Å². The van der Waals surface area contributed by atoms with Gasteiger partial charge in [0.15, 0.2) is 0 Å². The zero-order valence-corrected chi connectivity index (χ0v) is 15.0. The number of likely N-dealkylation sites (tertiary alicyclic amines) is 1. The molecular formula is C17H24N4OS. The molecule has 1 aliphatic heterocycles. The first-order valence-corrected chi connectivity index (χ1v) is 8.94. The van der Waals surface area contributed by atoms with Crippen molar-refractivity contribution in [1.29, 1.82) is 0 Å². The van der Waals surface area contributed by atoms with Crippen LogP contribution >= 0.6 is 11.3 Å². The molecule has 2 aromatic rings. The lowest BCUT2D eigenvalue weighted by Crippen LogP contribution is -2.39. The number of hydrogen-bond donors (Lipinski definition) is 1. The minimum Gasteiger partial charge on any atom is -0.337 e. The second kappa shape index (κ2) is 6.07. The normalized spacial score (nSPS) is 19.1. The summed E-state index contributed by atoms with van der Waals surface area (Å²) in [5.41, 5.74) is 1.48. The molecule has 1 aliphatic rings. The van der Waals surface area contributed by atoms with E-state index in [0.717, 1.165) is 36.6 Å². The van der Waals surface area contributed by atoms with Crippen molar-refractivity contribution >= 4 is 17.2 Å². The predicted octanol–water partition coefficient (Wildman–Crippen LogP) is 3.49. The molecule has 2 aromatic heterocycles. The minimum absolute atomic E-state index is 0.0229. The van der Waals surface area contributed by atoms with Crippen LogP contribution in [-0.4, -0.2) is 39.1 Å². The summed E-state index contributed by atoms with van der Waals surface area (Å²) >= 11 is 1.74. The van der Waals surface area contributed by atoms with Crippen molar-refractivity contribution in [3.63, 3.8) is 0 Å². The summed E-state index contributed by atoms with van der Waals surface area (Å²) in [6.45, 7) is 9.94. The minimum atomic E-state index is -0.0334. The van der Waals surface area contributed by atoms with Crippen LogP contribution in [-0.2, 0) is 5.41 Å². The van der Waals surface area contributed by atoms with E-state index in [9.17, 15) is 4.79 Å². The highest BCUT2D eigenvalue weighted by atomic mass is 32.1. The first kappa shape index (κ1) is 16.2. The van der Waals surface area contributed by atoms with Crippen molar-refractivity contribution < 1.29 is 4.79 Å². The molecule has 5 nitrogen and oxygen atoms in total. The van der Waals surface area contributed by atoms with E-state index in [1.54, 1.807) is 11.3 Å². The molecule has 1 saturated heterocycles. The number of aryl methyl sites for hydroxylation is 1. The zero-order valence-electron chi connectivity index (χ0n) is 14.2. The van der Waals surface area contributed by atoms with E-state index in [4.69, 9.17) is 0 Å². The van der Waals surface area contributed by atoms with Crippen LogP contribution in [0.15, 0.2) is 12.3 Å². The van der Waals surface area contributed by atoms with Gasteiger partial charge in [-0.25, -0.2) is 4.98 Å². The smallest absolute Gasteiger partial charge is 0.274 e. The fourth-order valence-electron chi connectivity index (χ4n) is 2.90. The lowest BCUT2D eigenvalue weighted by atomic mass is 9.92. The van der Waals surface area contributed by atoms with Gasteiger partial charge in [-0.3, -0.25) is 9.89 Å². The van der Waals surface area contributed by atoms with Gasteiger partial charge in [0.2, 0.25) is 0 Å². The Morgan fingerprint density at radius 1 is 1.43 bits per heavy atom. The van der Waals surface area contributed by atoms with Crippen LogP contribution in [0.1, 0.15) is 65.6 Å². The maximum Gasteiger partial charge on any atom is 0.274 e. The quantitative estimate of drug-likeness (QED) is 0.915. The summed E-state index contributed by atoms with van der Waals surface area (Å²) < 4.78 is 0. The highest BCUT2D eigenvalue weighted by molar-refractivity contribution is 7.11. The fraction of sp³-hybridized carbons (Fsp3) is 0.588. The van der Waals surface area contributed by atoms with Crippen LogP contribution in [0, 0.1) is 6.92 Å². The Hall–Kier alpha value is -1.69. The zero-order chi connectivity index (χ0) is 16.6. The first-order chi connectivity index (χ1) is 10.8. The first-order valence-electron chi connectivity index (χ1n) is 8.12. The van der Waals surface area contributed by atoms with Crippen LogP contribution in [0.4, 0.5) is 0 Å².